The van der Waals surface area contributed by atoms with E-state index in [9.17, 15) is 4.79 Å². The molecule has 0 fully saturated rings. The molecule has 0 radical (unpaired) electrons. The van der Waals surface area contributed by atoms with Crippen molar-refractivity contribution in [2.75, 3.05) is 27.1 Å². The van der Waals surface area contributed by atoms with Gasteiger partial charge in [-0.1, -0.05) is 177 Å². The van der Waals surface area contributed by atoms with Crippen molar-refractivity contribution in [1.82, 2.24) is 0 Å². The number of hydrogen-bond acceptors (Lipinski definition) is 8. The zero-order chi connectivity index (χ0) is 51.6. The molecule has 0 spiro atoms. The maximum atomic E-state index is 13.5. The van der Waals surface area contributed by atoms with Crippen LogP contribution in [-0.2, 0) is 36.7 Å². The Kier molecular flexibility index (Phi) is 22.5. The SMILES string of the molecule is CCOC(=O)[C@H](C)[C@@H](O[Si](C)(C)C(C)(C)C)[C@@H](C)[C@H](C[C@@H](/C=C\[C@H](C)[C@H](O[Si](C)(C)C(C)(C)C)[C@@H](C)CO[Si](c1ccccc1)(c1ccccc1)C(C)(C)C)O[Si](C)(C)C(C)(C)C)OCOC. The van der Waals surface area contributed by atoms with E-state index in [0.29, 0.717) is 19.6 Å². The fraction of sp³-hybridized carbons (Fsp3) is 0.727. The van der Waals surface area contributed by atoms with Crippen LogP contribution in [0, 0.1) is 23.7 Å². The molecule has 0 unspecified atom stereocenters. The number of carbonyl (C=O) groups is 1. The van der Waals surface area contributed by atoms with Crippen molar-refractivity contribution >= 4 is 49.6 Å². The summed E-state index contributed by atoms with van der Waals surface area (Å²) in [6, 6.07) is 21.8. The van der Waals surface area contributed by atoms with E-state index in [1.807, 2.05) is 13.8 Å². The summed E-state index contributed by atoms with van der Waals surface area (Å²) in [5.74, 6) is -0.883. The molecule has 2 aromatic rings. The van der Waals surface area contributed by atoms with E-state index in [0.717, 1.165) is 0 Å². The van der Waals surface area contributed by atoms with E-state index < -0.39 is 45.3 Å². The Morgan fingerprint density at radius 2 is 1.04 bits per heavy atom. The van der Waals surface area contributed by atoms with E-state index in [4.69, 9.17) is 31.9 Å². The second-order valence-electron chi connectivity index (χ2n) is 25.0. The molecule has 0 saturated carbocycles. The summed E-state index contributed by atoms with van der Waals surface area (Å²) >= 11 is 0. The molecule has 0 amide bonds. The first-order valence-electron chi connectivity index (χ1n) is 25.2. The summed E-state index contributed by atoms with van der Waals surface area (Å²) in [5.41, 5.74) is 0. The standard InChI is InChI=1S/C55H100O8Si4/c1-25-58-51(56)44(5)50(63-66(23,24)54(12,13)14)43(4)48(59-40-57-18)38-45(61-64(19,20)52(6,7)8)37-36-41(2)49(62-65(21,22)53(9,10)11)42(3)39-60-67(55(15,16)17,46-32-28-26-29-33-46)47-34-30-27-31-35-47/h26-37,41-45,48-50H,25,38-40H2,1-24H3/b37-36-/t41-,42-,43-,44+,45+,48-,49-,50-/m0/s1. The number of ether oxygens (including phenoxy) is 3. The number of methoxy groups -OCH3 is 1. The molecule has 0 aromatic heterocycles. The highest BCUT2D eigenvalue weighted by Crippen LogP contribution is 2.44. The Morgan fingerprint density at radius 1 is 0.612 bits per heavy atom. The minimum atomic E-state index is -2.80. The Balaban J connectivity index is 2.79. The number of benzene rings is 2. The number of hydrogen-bond donors (Lipinski definition) is 0. The number of esters is 1. The van der Waals surface area contributed by atoms with Gasteiger partial charge >= 0.3 is 5.97 Å². The van der Waals surface area contributed by atoms with Crippen LogP contribution >= 0.6 is 0 Å². The lowest BCUT2D eigenvalue weighted by Gasteiger charge is -2.46. The van der Waals surface area contributed by atoms with Gasteiger partial charge in [-0.3, -0.25) is 4.79 Å². The molecule has 8 atom stereocenters. The molecule has 12 heteroatoms. The number of rotatable bonds is 25. The third-order valence-corrected chi connectivity index (χ3v) is 34.0. The quantitative estimate of drug-likeness (QED) is 0.0421. The minimum Gasteiger partial charge on any atom is -0.466 e. The second-order valence-corrected chi connectivity index (χ2v) is 43.6. The predicted octanol–water partition coefficient (Wildman–Crippen LogP) is 13.8. The molecular weight excluding hydrogens is 901 g/mol. The Morgan fingerprint density at radius 3 is 1.45 bits per heavy atom. The van der Waals surface area contributed by atoms with E-state index >= 15 is 0 Å². The van der Waals surface area contributed by atoms with E-state index in [1.54, 1.807) is 7.11 Å². The van der Waals surface area contributed by atoms with Crippen LogP contribution in [0.1, 0.15) is 124 Å². The maximum absolute atomic E-state index is 13.5. The smallest absolute Gasteiger partial charge is 0.311 e. The molecule has 0 aliphatic rings. The van der Waals surface area contributed by atoms with Gasteiger partial charge in [0, 0.05) is 32.0 Å². The molecule has 0 saturated heterocycles. The Bertz CT molecular complexity index is 1750. The van der Waals surface area contributed by atoms with E-state index in [2.05, 4.69) is 216 Å². The summed E-state index contributed by atoms with van der Waals surface area (Å²) in [6.45, 7) is 52.8. The fourth-order valence-electron chi connectivity index (χ4n) is 8.12. The molecule has 8 nitrogen and oxygen atoms in total. The van der Waals surface area contributed by atoms with Crippen molar-refractivity contribution in [2.45, 2.75) is 208 Å². The first-order valence-corrected chi connectivity index (χ1v) is 35.9. The van der Waals surface area contributed by atoms with Crippen molar-refractivity contribution in [2.24, 2.45) is 23.7 Å². The topological polar surface area (TPSA) is 81.7 Å². The highest BCUT2D eigenvalue weighted by molar-refractivity contribution is 6.99. The van der Waals surface area contributed by atoms with E-state index in [-0.39, 0.29) is 69.0 Å². The van der Waals surface area contributed by atoms with Gasteiger partial charge in [0.25, 0.3) is 8.32 Å². The summed E-state index contributed by atoms with van der Waals surface area (Å²) in [4.78, 5) is 13.5. The van der Waals surface area contributed by atoms with Crippen LogP contribution in [0.4, 0.5) is 0 Å². The van der Waals surface area contributed by atoms with Crippen LogP contribution in [0.2, 0.25) is 59.4 Å². The molecule has 67 heavy (non-hydrogen) atoms. The molecule has 384 valence electrons. The first-order chi connectivity index (χ1) is 30.5. The zero-order valence-electron chi connectivity index (χ0n) is 47.1. The third kappa shape index (κ3) is 16.4. The van der Waals surface area contributed by atoms with Crippen molar-refractivity contribution in [3.63, 3.8) is 0 Å². The van der Waals surface area contributed by atoms with Crippen LogP contribution < -0.4 is 10.4 Å². The van der Waals surface area contributed by atoms with Gasteiger partial charge in [0.15, 0.2) is 25.0 Å². The van der Waals surface area contributed by atoms with Gasteiger partial charge in [-0.05, 0) is 89.6 Å². The average molecular weight is 1000 g/mol. The summed E-state index contributed by atoms with van der Waals surface area (Å²) in [6.07, 6.45) is 3.92. The molecule has 2 rings (SSSR count). The van der Waals surface area contributed by atoms with Gasteiger partial charge in [-0.2, -0.15) is 0 Å². The van der Waals surface area contributed by atoms with Crippen LogP contribution in [0.15, 0.2) is 72.8 Å². The summed E-state index contributed by atoms with van der Waals surface area (Å²) in [5, 5.41) is 2.30. The third-order valence-electron chi connectivity index (χ3n) is 15.5. The van der Waals surface area contributed by atoms with Crippen LogP contribution in [0.25, 0.3) is 0 Å². The Hall–Kier alpha value is -1.72. The highest BCUT2D eigenvalue weighted by atomic mass is 28.4. The van der Waals surface area contributed by atoms with Gasteiger partial charge in [-0.15, -0.1) is 0 Å². The molecule has 0 bridgehead atoms. The molecule has 2 aromatic carbocycles. The van der Waals surface area contributed by atoms with Crippen LogP contribution in [-0.4, -0.2) is 90.8 Å². The monoisotopic (exact) mass is 1000 g/mol. The van der Waals surface area contributed by atoms with Gasteiger partial charge in [0.2, 0.25) is 0 Å². The van der Waals surface area contributed by atoms with Crippen LogP contribution in [0.5, 0.6) is 0 Å². The molecular formula is C55H100O8Si4. The van der Waals surface area contributed by atoms with Crippen molar-refractivity contribution in [3.8, 4) is 0 Å². The molecule has 0 N–H and O–H groups in total. The summed E-state index contributed by atoms with van der Waals surface area (Å²) < 4.78 is 47.5. The van der Waals surface area contributed by atoms with Gasteiger partial charge in [-0.25, -0.2) is 0 Å². The van der Waals surface area contributed by atoms with Crippen molar-refractivity contribution < 1.29 is 36.7 Å². The van der Waals surface area contributed by atoms with Gasteiger partial charge in [0.1, 0.15) is 6.79 Å². The normalized spacial score (nSPS) is 17.7. The largest absolute Gasteiger partial charge is 0.466 e. The first kappa shape index (κ1) is 61.4. The lowest BCUT2D eigenvalue weighted by Crippen LogP contribution is -2.67. The fourth-order valence-corrected chi connectivity index (χ4v) is 17.0. The zero-order valence-corrected chi connectivity index (χ0v) is 51.1. The minimum absolute atomic E-state index is 0.00694. The second kappa shape index (κ2) is 24.6. The highest BCUT2D eigenvalue weighted by Gasteiger charge is 2.51. The predicted molar refractivity (Wildman–Crippen MR) is 294 cm³/mol. The van der Waals surface area contributed by atoms with Crippen LogP contribution in [0.3, 0.4) is 0 Å². The number of carbonyl (C=O) groups excluding carboxylic acids is 1. The molecule has 0 aliphatic carbocycles. The summed E-state index contributed by atoms with van der Waals surface area (Å²) in [7, 11) is -8.08. The van der Waals surface area contributed by atoms with Gasteiger partial charge in [0.05, 0.1) is 36.9 Å². The lowest BCUT2D eigenvalue weighted by molar-refractivity contribution is -0.156. The Labute approximate surface area is 415 Å². The van der Waals surface area contributed by atoms with Crippen molar-refractivity contribution in [3.05, 3.63) is 72.8 Å². The van der Waals surface area contributed by atoms with E-state index in [1.165, 1.54) is 10.4 Å². The molecule has 0 aliphatic heterocycles. The molecule has 0 heterocycles. The maximum Gasteiger partial charge on any atom is 0.311 e. The average Bonchev–Trinajstić information content (AvgIpc) is 3.21. The van der Waals surface area contributed by atoms with Gasteiger partial charge < -0.3 is 31.9 Å². The lowest BCUT2D eigenvalue weighted by atomic mass is 9.86. The van der Waals surface area contributed by atoms with Crippen molar-refractivity contribution in [1.29, 1.82) is 0 Å².